The van der Waals surface area contributed by atoms with E-state index in [1.807, 2.05) is 18.7 Å². The molecule has 0 spiro atoms. The van der Waals surface area contributed by atoms with E-state index < -0.39 is 5.60 Å². The molecule has 0 saturated carbocycles. The van der Waals surface area contributed by atoms with Gasteiger partial charge in [0.2, 0.25) is 0 Å². The molecule has 1 heterocycles. The van der Waals surface area contributed by atoms with E-state index in [4.69, 9.17) is 4.74 Å². The Morgan fingerprint density at radius 3 is 2.61 bits per heavy atom. The van der Waals surface area contributed by atoms with Crippen LogP contribution in [0.2, 0.25) is 0 Å². The van der Waals surface area contributed by atoms with Crippen LogP contribution in [0.4, 0.5) is 0 Å². The highest BCUT2D eigenvalue weighted by molar-refractivity contribution is 5.84. The van der Waals surface area contributed by atoms with Crippen molar-refractivity contribution in [2.45, 2.75) is 52.2 Å². The lowest BCUT2D eigenvalue weighted by molar-refractivity contribution is -0.153. The van der Waals surface area contributed by atoms with E-state index in [2.05, 4.69) is 19.2 Å². The van der Waals surface area contributed by atoms with Gasteiger partial charge in [0.15, 0.2) is 0 Å². The van der Waals surface area contributed by atoms with Crippen LogP contribution in [-0.4, -0.2) is 49.2 Å². The lowest BCUT2D eigenvalue weighted by Crippen LogP contribution is -2.52. The Morgan fingerprint density at radius 2 is 2.17 bits per heavy atom. The number of nitrogens with zero attached hydrogens (tertiary/aromatic N) is 1. The van der Waals surface area contributed by atoms with Crippen LogP contribution in [0, 0.1) is 5.92 Å². The molecule has 18 heavy (non-hydrogen) atoms. The molecule has 1 fully saturated rings. The van der Waals surface area contributed by atoms with Crippen LogP contribution in [0.25, 0.3) is 0 Å². The van der Waals surface area contributed by atoms with Crippen molar-refractivity contribution in [1.29, 1.82) is 0 Å². The smallest absolute Gasteiger partial charge is 0.254 e. The minimum atomic E-state index is -0.730. The largest absolute Gasteiger partial charge is 0.369 e. The highest BCUT2D eigenvalue weighted by Crippen LogP contribution is 2.19. The Morgan fingerprint density at radius 1 is 1.50 bits per heavy atom. The second kappa shape index (κ2) is 6.53. The summed E-state index contributed by atoms with van der Waals surface area (Å²) in [5.41, 5.74) is -0.730. The standard InChI is InChI=1S/C14H28N2O2/c1-11(2)16(13(17)14(3,4)18-5)10-12-7-6-8-15-9-12/h11-12,15H,6-10H2,1-5H3. The summed E-state index contributed by atoms with van der Waals surface area (Å²) in [4.78, 5) is 14.5. The fourth-order valence-corrected chi connectivity index (χ4v) is 2.32. The van der Waals surface area contributed by atoms with E-state index in [9.17, 15) is 4.79 Å². The van der Waals surface area contributed by atoms with Crippen LogP contribution in [0.15, 0.2) is 0 Å². The normalized spacial score (nSPS) is 21.1. The second-order valence-electron chi connectivity index (χ2n) is 5.98. The van der Waals surface area contributed by atoms with Gasteiger partial charge >= 0.3 is 0 Å². The zero-order valence-electron chi connectivity index (χ0n) is 12.5. The van der Waals surface area contributed by atoms with Crippen molar-refractivity contribution >= 4 is 5.91 Å². The average molecular weight is 256 g/mol. The van der Waals surface area contributed by atoms with Crippen molar-refractivity contribution in [3.8, 4) is 0 Å². The molecule has 1 rings (SSSR count). The third-order valence-corrected chi connectivity index (χ3v) is 3.76. The number of hydrogen-bond acceptors (Lipinski definition) is 3. The summed E-state index contributed by atoms with van der Waals surface area (Å²) >= 11 is 0. The molecule has 1 aliphatic rings. The van der Waals surface area contributed by atoms with Gasteiger partial charge in [0.1, 0.15) is 5.60 Å². The Labute approximate surface area is 111 Å². The first-order valence-electron chi connectivity index (χ1n) is 6.95. The number of carbonyl (C=O) groups excluding carboxylic acids is 1. The van der Waals surface area contributed by atoms with Crippen molar-refractivity contribution in [2.24, 2.45) is 5.92 Å². The number of carbonyl (C=O) groups is 1. The van der Waals surface area contributed by atoms with Crippen molar-refractivity contribution < 1.29 is 9.53 Å². The van der Waals surface area contributed by atoms with Crippen molar-refractivity contribution in [3.63, 3.8) is 0 Å². The lowest BCUT2D eigenvalue weighted by atomic mass is 9.97. The number of methoxy groups -OCH3 is 1. The predicted molar refractivity (Wildman–Crippen MR) is 73.5 cm³/mol. The number of ether oxygens (including phenoxy) is 1. The van der Waals surface area contributed by atoms with E-state index in [-0.39, 0.29) is 11.9 Å². The van der Waals surface area contributed by atoms with E-state index in [1.54, 1.807) is 7.11 Å². The number of amides is 1. The molecule has 0 aliphatic carbocycles. The first-order chi connectivity index (χ1) is 8.38. The van der Waals surface area contributed by atoms with Crippen LogP contribution in [0.5, 0.6) is 0 Å². The van der Waals surface area contributed by atoms with E-state index >= 15 is 0 Å². The predicted octanol–water partition coefficient (Wildman–Crippen LogP) is 1.65. The Bertz CT molecular complexity index is 271. The number of piperidine rings is 1. The van der Waals surface area contributed by atoms with Crippen LogP contribution in [0.3, 0.4) is 0 Å². The number of nitrogens with one attached hydrogen (secondary N) is 1. The van der Waals surface area contributed by atoms with Crippen LogP contribution < -0.4 is 5.32 Å². The lowest BCUT2D eigenvalue weighted by Gasteiger charge is -2.37. The molecular formula is C14H28N2O2. The summed E-state index contributed by atoms with van der Waals surface area (Å²) in [5, 5.41) is 3.40. The number of rotatable bonds is 5. The molecule has 1 unspecified atom stereocenters. The van der Waals surface area contributed by atoms with Gasteiger partial charge in [-0.05, 0) is 59.5 Å². The first-order valence-corrected chi connectivity index (χ1v) is 6.95. The molecule has 0 aromatic heterocycles. The summed E-state index contributed by atoms with van der Waals surface area (Å²) in [5.74, 6) is 0.656. The second-order valence-corrected chi connectivity index (χ2v) is 5.98. The maximum Gasteiger partial charge on any atom is 0.254 e. The summed E-state index contributed by atoms with van der Waals surface area (Å²) < 4.78 is 5.31. The third kappa shape index (κ3) is 3.95. The molecule has 0 aromatic carbocycles. The molecule has 1 amide bonds. The van der Waals surface area contributed by atoms with E-state index in [0.29, 0.717) is 5.92 Å². The minimum absolute atomic E-state index is 0.0885. The maximum atomic E-state index is 12.5. The molecular weight excluding hydrogens is 228 g/mol. The molecule has 1 saturated heterocycles. The van der Waals surface area contributed by atoms with Gasteiger partial charge in [-0.1, -0.05) is 0 Å². The van der Waals surface area contributed by atoms with Gasteiger partial charge in [-0.3, -0.25) is 4.79 Å². The molecule has 1 aliphatic heterocycles. The fraction of sp³-hybridized carbons (Fsp3) is 0.929. The highest BCUT2D eigenvalue weighted by Gasteiger charge is 2.34. The summed E-state index contributed by atoms with van der Waals surface area (Å²) in [6.07, 6.45) is 2.41. The average Bonchev–Trinajstić information content (AvgIpc) is 2.36. The van der Waals surface area contributed by atoms with Gasteiger partial charge in [-0.2, -0.15) is 0 Å². The molecule has 106 valence electrons. The molecule has 4 heteroatoms. The Hall–Kier alpha value is -0.610. The first kappa shape index (κ1) is 15.4. The van der Waals surface area contributed by atoms with E-state index in [1.165, 1.54) is 12.8 Å². The zero-order valence-corrected chi connectivity index (χ0v) is 12.5. The minimum Gasteiger partial charge on any atom is -0.369 e. The summed E-state index contributed by atoms with van der Waals surface area (Å²) in [6.45, 7) is 10.8. The van der Waals surface area contributed by atoms with Crippen LogP contribution in [0.1, 0.15) is 40.5 Å². The van der Waals surface area contributed by atoms with Gasteiger partial charge in [0.25, 0.3) is 5.91 Å². The maximum absolute atomic E-state index is 12.5. The molecule has 4 nitrogen and oxygen atoms in total. The number of hydrogen-bond donors (Lipinski definition) is 1. The summed E-state index contributed by atoms with van der Waals surface area (Å²) in [7, 11) is 1.60. The van der Waals surface area contributed by atoms with E-state index in [0.717, 1.165) is 19.6 Å². The highest BCUT2D eigenvalue weighted by atomic mass is 16.5. The van der Waals surface area contributed by atoms with Gasteiger partial charge in [-0.25, -0.2) is 0 Å². The summed E-state index contributed by atoms with van der Waals surface area (Å²) in [6, 6.07) is 0.217. The fourth-order valence-electron chi connectivity index (χ4n) is 2.32. The SMILES string of the molecule is COC(C)(C)C(=O)N(CC1CCCNC1)C(C)C. The van der Waals surface area contributed by atoms with Crippen molar-refractivity contribution in [1.82, 2.24) is 10.2 Å². The molecule has 0 bridgehead atoms. The van der Waals surface area contributed by atoms with Crippen molar-refractivity contribution in [3.05, 3.63) is 0 Å². The van der Waals surface area contributed by atoms with Gasteiger partial charge in [0.05, 0.1) is 0 Å². The van der Waals surface area contributed by atoms with Crippen LogP contribution >= 0.6 is 0 Å². The Kier molecular flexibility index (Phi) is 5.60. The third-order valence-electron chi connectivity index (χ3n) is 3.76. The molecule has 0 radical (unpaired) electrons. The Balaban J connectivity index is 2.67. The van der Waals surface area contributed by atoms with Gasteiger partial charge in [0, 0.05) is 19.7 Å². The van der Waals surface area contributed by atoms with Crippen LogP contribution in [-0.2, 0) is 9.53 Å². The topological polar surface area (TPSA) is 41.6 Å². The molecule has 1 N–H and O–H groups in total. The molecule has 0 aromatic rings. The van der Waals surface area contributed by atoms with Gasteiger partial charge < -0.3 is 15.0 Å². The van der Waals surface area contributed by atoms with Crippen molar-refractivity contribution in [2.75, 3.05) is 26.7 Å². The quantitative estimate of drug-likeness (QED) is 0.813. The van der Waals surface area contributed by atoms with Gasteiger partial charge in [-0.15, -0.1) is 0 Å². The zero-order chi connectivity index (χ0) is 13.8. The molecule has 1 atom stereocenters. The monoisotopic (exact) mass is 256 g/mol.